The maximum Gasteiger partial charge on any atom is 2.00 e. The van der Waals surface area contributed by atoms with Crippen molar-refractivity contribution < 1.29 is 17.1 Å². The molecule has 0 saturated heterocycles. The first kappa shape index (κ1) is 24.6. The summed E-state index contributed by atoms with van der Waals surface area (Å²) in [6.45, 7) is 3.85. The van der Waals surface area contributed by atoms with Gasteiger partial charge in [0.2, 0.25) is 0 Å². The molecule has 0 aliphatic carbocycles. The first-order chi connectivity index (χ1) is 13.9. The van der Waals surface area contributed by atoms with Gasteiger partial charge in [0.05, 0.1) is 0 Å². The van der Waals surface area contributed by atoms with E-state index in [0.29, 0.717) is 0 Å². The van der Waals surface area contributed by atoms with Crippen molar-refractivity contribution in [3.63, 3.8) is 0 Å². The van der Waals surface area contributed by atoms with E-state index in [0.717, 1.165) is 26.2 Å². The molecule has 0 aromatic heterocycles. The first-order valence-electron chi connectivity index (χ1n) is 9.78. The van der Waals surface area contributed by atoms with Gasteiger partial charge >= 0.3 is 17.1 Å². The number of hydrogen-bond donors (Lipinski definition) is 2. The molecule has 0 bridgehead atoms. The molecule has 4 aromatic carbocycles. The zero-order valence-corrected chi connectivity index (χ0v) is 17.9. The van der Waals surface area contributed by atoms with Crippen LogP contribution in [-0.2, 0) is 30.2 Å². The monoisotopic (exact) mass is 425 g/mol. The average Bonchev–Trinajstić information content (AvgIpc) is 3.51. The van der Waals surface area contributed by atoms with Crippen LogP contribution in [0.3, 0.4) is 0 Å². The minimum Gasteiger partial charge on any atom is -0.311 e. The quantitative estimate of drug-likeness (QED) is 0.236. The Hall–Kier alpha value is -2.42. The van der Waals surface area contributed by atoms with Crippen LogP contribution in [0.1, 0.15) is 11.1 Å². The van der Waals surface area contributed by atoms with Gasteiger partial charge in [-0.2, -0.15) is 36.4 Å². The summed E-state index contributed by atoms with van der Waals surface area (Å²) < 4.78 is 0. The molecule has 0 heterocycles. The molecule has 4 rings (SSSR count). The second kappa shape index (κ2) is 17.7. The molecule has 1 radical (unpaired) electrons. The van der Waals surface area contributed by atoms with Crippen LogP contribution in [0.2, 0.25) is 0 Å². The molecule has 2 N–H and O–H groups in total. The molecular weight excluding hydrogens is 395 g/mol. The fourth-order valence-electron chi connectivity index (χ4n) is 2.48. The third kappa shape index (κ3) is 13.4. The fourth-order valence-corrected chi connectivity index (χ4v) is 2.48. The smallest absolute Gasteiger partial charge is 0.311 e. The summed E-state index contributed by atoms with van der Waals surface area (Å²) in [4.78, 5) is 0. The summed E-state index contributed by atoms with van der Waals surface area (Å²) in [5.41, 5.74) is 2.67. The largest absolute Gasteiger partial charge is 2.00 e. The third-order valence-corrected chi connectivity index (χ3v) is 3.93. The van der Waals surface area contributed by atoms with Crippen molar-refractivity contribution in [1.82, 2.24) is 10.6 Å². The van der Waals surface area contributed by atoms with Crippen LogP contribution < -0.4 is 10.6 Å². The van der Waals surface area contributed by atoms with Gasteiger partial charge in [0, 0.05) is 26.2 Å². The first-order valence-corrected chi connectivity index (χ1v) is 9.78. The summed E-state index contributed by atoms with van der Waals surface area (Å²) >= 11 is 0. The summed E-state index contributed by atoms with van der Waals surface area (Å²) in [5, 5.41) is 6.85. The Morgan fingerprint density at radius 1 is 0.483 bits per heavy atom. The Bertz CT molecular complexity index is 662. The standard InChI is InChI=1S/C16H20N2.2C5H5.Mn/c1-3-7-15(8-4-1)13-17-11-12-18-14-16-9-5-2-6-10-16;2*1-2-4-5-3-1;/h1-10,17-18H,11-14H2;2*1-5H;/q;2*-1;+2. The SMILES string of the molecule is [Mn+2].c1cc[cH-]c1.c1cc[cH-]c1.c1ccc(CNCCNCc2ccccc2)cc1. The molecule has 0 aliphatic heterocycles. The molecule has 0 amide bonds. The van der Waals surface area contributed by atoms with E-state index in [4.69, 9.17) is 0 Å². The van der Waals surface area contributed by atoms with Gasteiger partial charge in [0.1, 0.15) is 0 Å². The summed E-state index contributed by atoms with van der Waals surface area (Å²) in [6.07, 6.45) is 0. The van der Waals surface area contributed by atoms with Crippen LogP contribution in [0, 0.1) is 0 Å². The number of nitrogens with one attached hydrogen (secondary N) is 2. The predicted molar refractivity (Wildman–Crippen MR) is 120 cm³/mol. The third-order valence-electron chi connectivity index (χ3n) is 3.93. The van der Waals surface area contributed by atoms with Crippen LogP contribution in [-0.4, -0.2) is 13.1 Å². The summed E-state index contributed by atoms with van der Waals surface area (Å²) in [7, 11) is 0. The van der Waals surface area contributed by atoms with E-state index in [-0.39, 0.29) is 17.1 Å². The Morgan fingerprint density at radius 2 is 0.828 bits per heavy atom. The van der Waals surface area contributed by atoms with Gasteiger partial charge < -0.3 is 10.6 Å². The van der Waals surface area contributed by atoms with E-state index in [2.05, 4.69) is 59.2 Å². The van der Waals surface area contributed by atoms with Gasteiger partial charge in [-0.15, -0.1) is 0 Å². The van der Waals surface area contributed by atoms with Crippen molar-refractivity contribution >= 4 is 0 Å². The minimum absolute atomic E-state index is 0. The predicted octanol–water partition coefficient (Wildman–Crippen LogP) is 5.37. The summed E-state index contributed by atoms with van der Waals surface area (Å²) in [5.74, 6) is 0. The van der Waals surface area contributed by atoms with Crippen molar-refractivity contribution in [2.24, 2.45) is 0 Å². The van der Waals surface area contributed by atoms with E-state index in [1.54, 1.807) is 0 Å². The van der Waals surface area contributed by atoms with E-state index < -0.39 is 0 Å². The molecule has 29 heavy (non-hydrogen) atoms. The molecular formula is C26H30MnN2. The van der Waals surface area contributed by atoms with Gasteiger partial charge in [0.15, 0.2) is 0 Å². The van der Waals surface area contributed by atoms with Crippen LogP contribution in [0.25, 0.3) is 0 Å². The van der Waals surface area contributed by atoms with E-state index in [1.807, 2.05) is 72.8 Å². The van der Waals surface area contributed by atoms with Crippen LogP contribution in [0.4, 0.5) is 0 Å². The zero-order chi connectivity index (χ0) is 19.5. The normalized spacial score (nSPS) is 9.24. The van der Waals surface area contributed by atoms with Gasteiger partial charge in [0.25, 0.3) is 0 Å². The van der Waals surface area contributed by atoms with E-state index in [1.165, 1.54) is 11.1 Å². The summed E-state index contributed by atoms with van der Waals surface area (Å²) in [6, 6.07) is 41.0. The molecule has 0 atom stereocenters. The number of benzene rings is 2. The second-order valence-electron chi connectivity index (χ2n) is 6.25. The van der Waals surface area contributed by atoms with Crippen molar-refractivity contribution in [2.45, 2.75) is 13.1 Å². The molecule has 3 heteroatoms. The fraction of sp³-hybridized carbons (Fsp3) is 0.154. The Morgan fingerprint density at radius 3 is 1.10 bits per heavy atom. The molecule has 0 unspecified atom stereocenters. The van der Waals surface area contributed by atoms with Gasteiger partial charge in [-0.05, 0) is 11.1 Å². The molecule has 0 aliphatic rings. The van der Waals surface area contributed by atoms with E-state index in [9.17, 15) is 0 Å². The van der Waals surface area contributed by atoms with E-state index >= 15 is 0 Å². The zero-order valence-electron chi connectivity index (χ0n) is 16.8. The number of hydrogen-bond acceptors (Lipinski definition) is 2. The Kier molecular flexibility index (Phi) is 15.0. The Labute approximate surface area is 186 Å². The van der Waals surface area contributed by atoms with Crippen LogP contribution in [0.5, 0.6) is 0 Å². The van der Waals surface area contributed by atoms with Gasteiger partial charge in [-0.25, -0.2) is 24.3 Å². The molecule has 2 nitrogen and oxygen atoms in total. The molecule has 0 saturated carbocycles. The molecule has 151 valence electrons. The van der Waals surface area contributed by atoms with Crippen molar-refractivity contribution in [3.8, 4) is 0 Å². The second-order valence-corrected chi connectivity index (χ2v) is 6.25. The molecule has 0 fully saturated rings. The number of rotatable bonds is 7. The minimum atomic E-state index is 0. The molecule has 4 aromatic rings. The Balaban J connectivity index is 0.000000311. The average molecular weight is 425 g/mol. The molecule has 0 spiro atoms. The maximum atomic E-state index is 3.43. The topological polar surface area (TPSA) is 24.1 Å². The van der Waals surface area contributed by atoms with Crippen molar-refractivity contribution in [2.75, 3.05) is 13.1 Å². The van der Waals surface area contributed by atoms with Crippen LogP contribution in [0.15, 0.2) is 121 Å². The van der Waals surface area contributed by atoms with Crippen LogP contribution >= 0.6 is 0 Å². The van der Waals surface area contributed by atoms with Crippen molar-refractivity contribution in [3.05, 3.63) is 132 Å². The van der Waals surface area contributed by atoms with Gasteiger partial charge in [-0.3, -0.25) is 0 Å². The van der Waals surface area contributed by atoms with Crippen molar-refractivity contribution in [1.29, 1.82) is 0 Å². The maximum absolute atomic E-state index is 3.43. The van der Waals surface area contributed by atoms with Gasteiger partial charge in [-0.1, -0.05) is 60.7 Å².